The third kappa shape index (κ3) is 3.10. The molecule has 0 bridgehead atoms. The van der Waals surface area contributed by atoms with Crippen molar-refractivity contribution >= 4 is 17.9 Å². The van der Waals surface area contributed by atoms with E-state index in [9.17, 15) is 10.1 Å². The van der Waals surface area contributed by atoms with Gasteiger partial charge in [-0.15, -0.1) is 0 Å². The van der Waals surface area contributed by atoms with E-state index in [1.54, 1.807) is 18.5 Å². The van der Waals surface area contributed by atoms with Crippen molar-refractivity contribution in [3.63, 3.8) is 0 Å². The predicted molar refractivity (Wildman–Crippen MR) is 96.0 cm³/mol. The van der Waals surface area contributed by atoms with Crippen LogP contribution < -0.4 is 0 Å². The Labute approximate surface area is 149 Å². The Balaban J connectivity index is 1.88. The van der Waals surface area contributed by atoms with Crippen LogP contribution in [0.15, 0.2) is 24.3 Å². The number of aromatic nitrogens is 5. The Morgan fingerprint density at radius 3 is 2.52 bits per heavy atom. The largest absolute Gasteiger partial charge is 0.312 e. The zero-order chi connectivity index (χ0) is 18.1. The second kappa shape index (κ2) is 6.60. The highest BCUT2D eigenvalue weighted by molar-refractivity contribution is 7.71. The van der Waals surface area contributed by atoms with Crippen LogP contribution in [0.5, 0.6) is 0 Å². The van der Waals surface area contributed by atoms with Crippen molar-refractivity contribution in [2.24, 2.45) is 0 Å². The molecule has 0 aliphatic carbocycles. The van der Waals surface area contributed by atoms with E-state index in [4.69, 9.17) is 12.2 Å². The van der Waals surface area contributed by atoms with Crippen molar-refractivity contribution in [3.8, 4) is 11.4 Å². The molecule has 0 saturated carbocycles. The monoisotopic (exact) mass is 358 g/mol. The fourth-order valence-electron chi connectivity index (χ4n) is 2.87. The zero-order valence-electron chi connectivity index (χ0n) is 14.2. The van der Waals surface area contributed by atoms with Gasteiger partial charge in [0, 0.05) is 12.1 Å². The fraction of sp³-hybridized carbons (Fsp3) is 0.312. The van der Waals surface area contributed by atoms with Gasteiger partial charge in [0.1, 0.15) is 11.4 Å². The molecule has 130 valence electrons. The van der Waals surface area contributed by atoms with E-state index >= 15 is 0 Å². The highest BCUT2D eigenvalue weighted by atomic mass is 32.1. The van der Waals surface area contributed by atoms with Crippen molar-refractivity contribution in [2.75, 3.05) is 0 Å². The molecule has 25 heavy (non-hydrogen) atoms. The molecule has 2 heterocycles. The number of hydrogen-bond acceptors (Lipinski definition) is 5. The van der Waals surface area contributed by atoms with Crippen molar-refractivity contribution in [1.82, 2.24) is 24.5 Å². The second-order valence-corrected chi connectivity index (χ2v) is 6.11. The number of aromatic amines is 1. The van der Waals surface area contributed by atoms with E-state index in [0.717, 1.165) is 23.5 Å². The lowest BCUT2D eigenvalue weighted by molar-refractivity contribution is -0.386. The molecule has 1 N–H and O–H groups in total. The molecular formula is C16H18N6O2S. The maximum Gasteiger partial charge on any atom is 0.312 e. The molecular weight excluding hydrogens is 340 g/mol. The smallest absolute Gasteiger partial charge is 0.300 e. The maximum atomic E-state index is 11.1. The predicted octanol–water partition coefficient (Wildman–Crippen LogP) is 3.40. The van der Waals surface area contributed by atoms with E-state index in [-0.39, 0.29) is 10.6 Å². The van der Waals surface area contributed by atoms with Crippen molar-refractivity contribution in [2.45, 2.75) is 33.9 Å². The number of nitro groups is 1. The van der Waals surface area contributed by atoms with Gasteiger partial charge in [0.05, 0.1) is 11.5 Å². The van der Waals surface area contributed by atoms with E-state index < -0.39 is 0 Å². The molecule has 0 spiro atoms. The minimum Gasteiger partial charge on any atom is -0.300 e. The highest BCUT2D eigenvalue weighted by Crippen LogP contribution is 2.23. The summed E-state index contributed by atoms with van der Waals surface area (Å²) < 4.78 is 4.18. The van der Waals surface area contributed by atoms with Gasteiger partial charge in [-0.3, -0.25) is 19.9 Å². The molecule has 8 nitrogen and oxygen atoms in total. The SMILES string of the molecule is CCn1c(-c2ccc(Cn3nc(C)c([N+](=O)[O-])c3C)cc2)n[nH]c1=S. The molecule has 0 atom stereocenters. The van der Waals surface area contributed by atoms with Gasteiger partial charge in [-0.25, -0.2) is 0 Å². The van der Waals surface area contributed by atoms with Crippen molar-refractivity contribution < 1.29 is 4.92 Å². The molecule has 0 saturated heterocycles. The Morgan fingerprint density at radius 2 is 1.96 bits per heavy atom. The van der Waals surface area contributed by atoms with Gasteiger partial charge in [0.25, 0.3) is 0 Å². The van der Waals surface area contributed by atoms with Crippen LogP contribution in [0, 0.1) is 28.7 Å². The Kier molecular flexibility index (Phi) is 4.49. The van der Waals surface area contributed by atoms with Crippen molar-refractivity contribution in [1.29, 1.82) is 0 Å². The second-order valence-electron chi connectivity index (χ2n) is 5.73. The van der Waals surface area contributed by atoms with Crippen LogP contribution in [0.2, 0.25) is 0 Å². The van der Waals surface area contributed by atoms with Crippen molar-refractivity contribution in [3.05, 3.63) is 56.1 Å². The van der Waals surface area contributed by atoms with E-state index in [0.29, 0.717) is 22.7 Å². The van der Waals surface area contributed by atoms with Crippen LogP contribution in [0.1, 0.15) is 23.9 Å². The first-order valence-corrected chi connectivity index (χ1v) is 8.26. The molecule has 9 heteroatoms. The van der Waals surface area contributed by atoms with Gasteiger partial charge in [-0.1, -0.05) is 24.3 Å². The van der Waals surface area contributed by atoms with Gasteiger partial charge >= 0.3 is 5.69 Å². The first-order valence-electron chi connectivity index (χ1n) is 7.85. The summed E-state index contributed by atoms with van der Waals surface area (Å²) in [5.41, 5.74) is 3.02. The number of benzene rings is 1. The van der Waals surface area contributed by atoms with Crippen LogP contribution in [0.25, 0.3) is 11.4 Å². The summed E-state index contributed by atoms with van der Waals surface area (Å²) >= 11 is 5.21. The van der Waals surface area contributed by atoms with Crippen LogP contribution >= 0.6 is 12.2 Å². The molecule has 0 amide bonds. The number of rotatable bonds is 5. The summed E-state index contributed by atoms with van der Waals surface area (Å²) in [5, 5.41) is 22.5. The van der Waals surface area contributed by atoms with E-state index in [1.807, 2.05) is 35.8 Å². The van der Waals surface area contributed by atoms with Gasteiger partial charge in [0.2, 0.25) is 0 Å². The molecule has 0 radical (unpaired) electrons. The number of aryl methyl sites for hydroxylation is 1. The summed E-state index contributed by atoms with van der Waals surface area (Å²) in [6, 6.07) is 7.86. The summed E-state index contributed by atoms with van der Waals surface area (Å²) in [7, 11) is 0. The van der Waals surface area contributed by atoms with Crippen LogP contribution in [0.3, 0.4) is 0 Å². The maximum absolute atomic E-state index is 11.1. The number of H-pyrrole nitrogens is 1. The zero-order valence-corrected chi connectivity index (χ0v) is 15.0. The Hall–Kier alpha value is -2.81. The molecule has 0 fully saturated rings. The quantitative estimate of drug-likeness (QED) is 0.428. The molecule has 3 rings (SSSR count). The Morgan fingerprint density at radius 1 is 1.28 bits per heavy atom. The lowest BCUT2D eigenvalue weighted by Crippen LogP contribution is -2.04. The number of hydrogen-bond donors (Lipinski definition) is 1. The molecule has 0 aliphatic heterocycles. The van der Waals surface area contributed by atoms with E-state index in [1.165, 1.54) is 0 Å². The molecule has 1 aromatic carbocycles. The molecule has 2 aromatic heterocycles. The first-order chi connectivity index (χ1) is 11.9. The third-order valence-electron chi connectivity index (χ3n) is 4.14. The minimum atomic E-state index is -0.384. The van der Waals surface area contributed by atoms with Crippen LogP contribution in [0.4, 0.5) is 5.69 Å². The standard InChI is InChI=1S/C16H18N6O2S/c1-4-20-15(17-18-16(20)25)13-7-5-12(6-8-13)9-21-11(3)14(22(23)24)10(2)19-21/h5-8H,4,9H2,1-3H3,(H,18,25). The van der Waals surface area contributed by atoms with Gasteiger partial charge in [-0.2, -0.15) is 10.2 Å². The average molecular weight is 358 g/mol. The average Bonchev–Trinajstić information content (AvgIpc) is 3.07. The molecule has 3 aromatic rings. The summed E-state index contributed by atoms with van der Waals surface area (Å²) in [5.74, 6) is 0.792. The first kappa shape index (κ1) is 17.0. The topological polar surface area (TPSA) is 94.6 Å². The minimum absolute atomic E-state index is 0.0788. The van der Waals surface area contributed by atoms with Crippen LogP contribution in [-0.2, 0) is 13.1 Å². The lowest BCUT2D eigenvalue weighted by atomic mass is 10.1. The normalized spacial score (nSPS) is 11.0. The van der Waals surface area contributed by atoms with Gasteiger partial charge < -0.3 is 4.57 Å². The van der Waals surface area contributed by atoms with Gasteiger partial charge in [-0.05, 0) is 38.6 Å². The van der Waals surface area contributed by atoms with Crippen LogP contribution in [-0.4, -0.2) is 29.5 Å². The Bertz CT molecular complexity index is 983. The van der Waals surface area contributed by atoms with E-state index in [2.05, 4.69) is 15.3 Å². The molecule has 0 aliphatic rings. The third-order valence-corrected chi connectivity index (χ3v) is 4.46. The molecule has 0 unspecified atom stereocenters. The van der Waals surface area contributed by atoms with Gasteiger partial charge in [0.15, 0.2) is 10.6 Å². The number of nitrogens with zero attached hydrogens (tertiary/aromatic N) is 5. The highest BCUT2D eigenvalue weighted by Gasteiger charge is 2.21. The summed E-state index contributed by atoms with van der Waals surface area (Å²) in [6.07, 6.45) is 0. The lowest BCUT2D eigenvalue weighted by Gasteiger charge is -2.07. The summed E-state index contributed by atoms with van der Waals surface area (Å²) in [6.45, 7) is 6.59. The number of nitrogens with one attached hydrogen (secondary N) is 1. The summed E-state index contributed by atoms with van der Waals surface area (Å²) in [4.78, 5) is 10.7. The fourth-order valence-corrected chi connectivity index (χ4v) is 3.13.